The number of nitrogens with zero attached hydrogens (tertiary/aromatic N) is 1. The molecule has 0 unspecified atom stereocenters. The second kappa shape index (κ2) is 9.44. The Morgan fingerprint density at radius 1 is 1.04 bits per heavy atom. The van der Waals surface area contributed by atoms with Crippen molar-refractivity contribution in [2.24, 2.45) is 5.92 Å². The molecule has 0 heterocycles. The number of carboxylic acids is 1. The van der Waals surface area contributed by atoms with Crippen molar-refractivity contribution in [1.82, 2.24) is 4.90 Å². The second-order valence-electron chi connectivity index (χ2n) is 6.90. The Kier molecular flexibility index (Phi) is 7.29. The number of rotatable bonds is 8. The van der Waals surface area contributed by atoms with Crippen molar-refractivity contribution in [1.29, 1.82) is 0 Å². The lowest BCUT2D eigenvalue weighted by Crippen LogP contribution is -2.32. The maximum Gasteiger partial charge on any atom is 0.306 e. The molecule has 0 radical (unpaired) electrons. The molecular formula is C20H30N2O3. The van der Waals surface area contributed by atoms with E-state index in [1.165, 1.54) is 0 Å². The first-order valence-corrected chi connectivity index (χ1v) is 9.43. The van der Waals surface area contributed by atoms with E-state index in [2.05, 4.69) is 19.2 Å². The van der Waals surface area contributed by atoms with E-state index in [0.717, 1.165) is 62.9 Å². The molecule has 0 atom stereocenters. The van der Waals surface area contributed by atoms with Crippen LogP contribution in [0.4, 0.5) is 5.69 Å². The number of carbonyl (C=O) groups is 2. The quantitative estimate of drug-likeness (QED) is 0.746. The van der Waals surface area contributed by atoms with Crippen molar-refractivity contribution in [2.75, 3.05) is 18.4 Å². The number of hydrogen-bond acceptors (Lipinski definition) is 3. The Bertz CT molecular complexity index is 557. The number of benzene rings is 1. The number of carbonyl (C=O) groups excluding carboxylic acids is 1. The molecule has 1 aromatic carbocycles. The SMILES string of the molecule is CCCN(CCC)C(=O)c1ccc(NC2CCC(C(=O)O)CC2)cc1. The van der Waals surface area contributed by atoms with Gasteiger partial charge in [0.15, 0.2) is 0 Å². The Morgan fingerprint density at radius 2 is 1.60 bits per heavy atom. The van der Waals surface area contributed by atoms with E-state index < -0.39 is 5.97 Å². The van der Waals surface area contributed by atoms with Crippen LogP contribution in [0.3, 0.4) is 0 Å². The molecule has 1 aliphatic rings. The summed E-state index contributed by atoms with van der Waals surface area (Å²) in [5.41, 5.74) is 1.72. The average molecular weight is 346 g/mol. The highest BCUT2D eigenvalue weighted by molar-refractivity contribution is 5.94. The summed E-state index contributed by atoms with van der Waals surface area (Å²) in [4.78, 5) is 25.5. The van der Waals surface area contributed by atoms with Crippen molar-refractivity contribution in [2.45, 2.75) is 58.4 Å². The highest BCUT2D eigenvalue weighted by Crippen LogP contribution is 2.27. The predicted octanol–water partition coefficient (Wildman–Crippen LogP) is 4.00. The average Bonchev–Trinajstić information content (AvgIpc) is 2.62. The fourth-order valence-electron chi connectivity index (χ4n) is 3.47. The normalized spacial score (nSPS) is 20.1. The number of hydrogen-bond donors (Lipinski definition) is 2. The minimum Gasteiger partial charge on any atom is -0.481 e. The molecule has 5 heteroatoms. The fourth-order valence-corrected chi connectivity index (χ4v) is 3.47. The van der Waals surface area contributed by atoms with Crippen molar-refractivity contribution in [3.8, 4) is 0 Å². The van der Waals surface area contributed by atoms with Crippen molar-refractivity contribution >= 4 is 17.6 Å². The molecular weight excluding hydrogens is 316 g/mol. The van der Waals surface area contributed by atoms with Crippen LogP contribution in [0.1, 0.15) is 62.7 Å². The van der Waals surface area contributed by atoms with Gasteiger partial charge in [-0.15, -0.1) is 0 Å². The zero-order valence-electron chi connectivity index (χ0n) is 15.3. The molecule has 1 aromatic rings. The summed E-state index contributed by atoms with van der Waals surface area (Å²) in [5, 5.41) is 12.5. The molecule has 1 amide bonds. The van der Waals surface area contributed by atoms with Crippen LogP contribution in [-0.4, -0.2) is 41.0 Å². The smallest absolute Gasteiger partial charge is 0.306 e. The van der Waals surface area contributed by atoms with Gasteiger partial charge in [0.25, 0.3) is 5.91 Å². The number of anilines is 1. The van der Waals surface area contributed by atoms with E-state index in [4.69, 9.17) is 5.11 Å². The number of carboxylic acid groups (broad SMARTS) is 1. The maximum atomic E-state index is 12.6. The first-order chi connectivity index (χ1) is 12.0. The van der Waals surface area contributed by atoms with Gasteiger partial charge in [0, 0.05) is 30.4 Å². The van der Waals surface area contributed by atoms with E-state index >= 15 is 0 Å². The molecule has 2 rings (SSSR count). The van der Waals surface area contributed by atoms with E-state index in [-0.39, 0.29) is 11.8 Å². The Labute approximate surface area is 150 Å². The lowest BCUT2D eigenvalue weighted by Gasteiger charge is -2.27. The molecule has 0 aliphatic heterocycles. The molecule has 138 valence electrons. The van der Waals surface area contributed by atoms with Crippen LogP contribution < -0.4 is 5.32 Å². The summed E-state index contributed by atoms with van der Waals surface area (Å²) in [6, 6.07) is 7.98. The van der Waals surface area contributed by atoms with E-state index in [0.29, 0.717) is 6.04 Å². The summed E-state index contributed by atoms with van der Waals surface area (Å²) in [6.45, 7) is 5.75. The zero-order chi connectivity index (χ0) is 18.2. The number of nitrogens with one attached hydrogen (secondary N) is 1. The van der Waals surface area contributed by atoms with E-state index in [1.54, 1.807) is 0 Å². The van der Waals surface area contributed by atoms with Gasteiger partial charge < -0.3 is 15.3 Å². The number of aliphatic carboxylic acids is 1. The summed E-state index contributed by atoms with van der Waals surface area (Å²) in [7, 11) is 0. The molecule has 2 N–H and O–H groups in total. The van der Waals surface area contributed by atoms with Gasteiger partial charge in [-0.25, -0.2) is 0 Å². The molecule has 1 aliphatic carbocycles. The van der Waals surface area contributed by atoms with Crippen LogP contribution in [0, 0.1) is 5.92 Å². The molecule has 0 aromatic heterocycles. The van der Waals surface area contributed by atoms with Gasteiger partial charge in [0.1, 0.15) is 0 Å². The highest BCUT2D eigenvalue weighted by Gasteiger charge is 2.25. The van der Waals surface area contributed by atoms with Gasteiger partial charge in [0.2, 0.25) is 0 Å². The molecule has 1 saturated carbocycles. The van der Waals surface area contributed by atoms with Crippen LogP contribution in [0.2, 0.25) is 0 Å². The zero-order valence-corrected chi connectivity index (χ0v) is 15.3. The third kappa shape index (κ3) is 5.48. The van der Waals surface area contributed by atoms with Crippen LogP contribution in [0.5, 0.6) is 0 Å². The van der Waals surface area contributed by atoms with Crippen LogP contribution >= 0.6 is 0 Å². The third-order valence-electron chi connectivity index (χ3n) is 4.85. The Balaban J connectivity index is 1.91. The van der Waals surface area contributed by atoms with Gasteiger partial charge in [-0.1, -0.05) is 13.8 Å². The fraction of sp³-hybridized carbons (Fsp3) is 0.600. The topological polar surface area (TPSA) is 69.6 Å². The van der Waals surface area contributed by atoms with Gasteiger partial charge in [0.05, 0.1) is 5.92 Å². The Morgan fingerprint density at radius 3 is 2.08 bits per heavy atom. The largest absolute Gasteiger partial charge is 0.481 e. The third-order valence-corrected chi connectivity index (χ3v) is 4.85. The Hall–Kier alpha value is -2.04. The summed E-state index contributed by atoms with van der Waals surface area (Å²) >= 11 is 0. The van der Waals surface area contributed by atoms with E-state index in [1.807, 2.05) is 29.2 Å². The minimum absolute atomic E-state index is 0.0946. The molecule has 0 saturated heterocycles. The monoisotopic (exact) mass is 346 g/mol. The van der Waals surface area contributed by atoms with Crippen molar-refractivity contribution in [3.05, 3.63) is 29.8 Å². The number of amides is 1. The van der Waals surface area contributed by atoms with E-state index in [9.17, 15) is 9.59 Å². The van der Waals surface area contributed by atoms with Gasteiger partial charge >= 0.3 is 5.97 Å². The summed E-state index contributed by atoms with van der Waals surface area (Å²) in [6.07, 6.45) is 5.13. The maximum absolute atomic E-state index is 12.6. The highest BCUT2D eigenvalue weighted by atomic mass is 16.4. The van der Waals surface area contributed by atoms with Crippen LogP contribution in [0.15, 0.2) is 24.3 Å². The van der Waals surface area contributed by atoms with Crippen LogP contribution in [-0.2, 0) is 4.79 Å². The van der Waals surface area contributed by atoms with Gasteiger partial charge in [-0.2, -0.15) is 0 Å². The lowest BCUT2D eigenvalue weighted by molar-refractivity contribution is -0.142. The van der Waals surface area contributed by atoms with Crippen LogP contribution in [0.25, 0.3) is 0 Å². The van der Waals surface area contributed by atoms with Gasteiger partial charge in [-0.05, 0) is 62.8 Å². The molecule has 25 heavy (non-hydrogen) atoms. The van der Waals surface area contributed by atoms with Gasteiger partial charge in [-0.3, -0.25) is 9.59 Å². The summed E-state index contributed by atoms with van der Waals surface area (Å²) < 4.78 is 0. The molecule has 0 spiro atoms. The standard InChI is InChI=1S/C20H30N2O3/c1-3-13-22(14-4-2)19(23)15-5-9-17(10-6-15)21-18-11-7-16(8-12-18)20(24)25/h5-6,9-10,16,18,21H,3-4,7-8,11-14H2,1-2H3,(H,24,25). The second-order valence-corrected chi connectivity index (χ2v) is 6.90. The van der Waals surface area contributed by atoms with Crippen molar-refractivity contribution in [3.63, 3.8) is 0 Å². The first kappa shape index (κ1) is 19.3. The molecule has 0 bridgehead atoms. The predicted molar refractivity (Wildman–Crippen MR) is 99.9 cm³/mol. The molecule has 5 nitrogen and oxygen atoms in total. The lowest BCUT2D eigenvalue weighted by atomic mass is 9.86. The first-order valence-electron chi connectivity index (χ1n) is 9.43. The summed E-state index contributed by atoms with van der Waals surface area (Å²) in [5.74, 6) is -0.775. The minimum atomic E-state index is -0.676. The van der Waals surface area contributed by atoms with Crippen molar-refractivity contribution < 1.29 is 14.7 Å². The molecule has 1 fully saturated rings.